The second kappa shape index (κ2) is 5.27. The van der Waals surface area contributed by atoms with Crippen LogP contribution in [0, 0.1) is 17.8 Å². The van der Waals surface area contributed by atoms with Gasteiger partial charge in [0.05, 0.1) is 11.5 Å². The lowest BCUT2D eigenvalue weighted by molar-refractivity contribution is 0.157. The Balaban J connectivity index is 2.05. The van der Waals surface area contributed by atoms with Gasteiger partial charge in [0.25, 0.3) is 0 Å². The molecule has 2 fully saturated rings. The van der Waals surface area contributed by atoms with E-state index in [2.05, 4.69) is 12.2 Å². The number of hydrogen-bond donors (Lipinski definition) is 1. The number of sulfone groups is 1. The first-order chi connectivity index (χ1) is 8.05. The molecule has 17 heavy (non-hydrogen) atoms. The van der Waals surface area contributed by atoms with Crippen LogP contribution in [0.1, 0.15) is 39.0 Å². The van der Waals surface area contributed by atoms with Gasteiger partial charge in [0.1, 0.15) is 0 Å². The number of rotatable bonds is 3. The molecule has 1 saturated heterocycles. The first-order valence-electron chi connectivity index (χ1n) is 6.93. The third kappa shape index (κ3) is 3.02. The van der Waals surface area contributed by atoms with Crippen LogP contribution < -0.4 is 5.32 Å². The fourth-order valence-corrected chi connectivity index (χ4v) is 5.60. The predicted molar refractivity (Wildman–Crippen MR) is 70.7 cm³/mol. The summed E-state index contributed by atoms with van der Waals surface area (Å²) in [5.41, 5.74) is 0. The topological polar surface area (TPSA) is 46.2 Å². The van der Waals surface area contributed by atoms with E-state index in [1.807, 2.05) is 7.05 Å². The van der Waals surface area contributed by atoms with Crippen LogP contribution in [-0.4, -0.2) is 33.0 Å². The Labute approximate surface area is 105 Å². The van der Waals surface area contributed by atoms with Crippen LogP contribution in [0.2, 0.25) is 0 Å². The maximum absolute atomic E-state index is 11.6. The van der Waals surface area contributed by atoms with Gasteiger partial charge in [-0.3, -0.25) is 0 Å². The number of hydrogen-bond acceptors (Lipinski definition) is 3. The molecule has 1 aliphatic carbocycles. The molecular weight excluding hydrogens is 234 g/mol. The Morgan fingerprint density at radius 1 is 1.24 bits per heavy atom. The monoisotopic (exact) mass is 259 g/mol. The maximum Gasteiger partial charge on any atom is 0.150 e. The van der Waals surface area contributed by atoms with Crippen molar-refractivity contribution in [1.82, 2.24) is 5.32 Å². The minimum absolute atomic E-state index is 0.409. The summed E-state index contributed by atoms with van der Waals surface area (Å²) in [6, 6.07) is 0.538. The van der Waals surface area contributed by atoms with Gasteiger partial charge in [0.15, 0.2) is 9.84 Å². The van der Waals surface area contributed by atoms with Crippen LogP contribution in [0.5, 0.6) is 0 Å². The van der Waals surface area contributed by atoms with Crippen molar-refractivity contribution in [3.05, 3.63) is 0 Å². The fraction of sp³-hybridized carbons (Fsp3) is 1.00. The van der Waals surface area contributed by atoms with Gasteiger partial charge in [-0.2, -0.15) is 0 Å². The van der Waals surface area contributed by atoms with Gasteiger partial charge >= 0.3 is 0 Å². The molecule has 0 aromatic carbocycles. The van der Waals surface area contributed by atoms with Crippen molar-refractivity contribution in [2.24, 2.45) is 17.8 Å². The van der Waals surface area contributed by atoms with Gasteiger partial charge in [-0.25, -0.2) is 8.42 Å². The molecule has 1 heterocycles. The van der Waals surface area contributed by atoms with Crippen LogP contribution in [0.15, 0.2) is 0 Å². The molecular formula is C13H25NO2S. The van der Waals surface area contributed by atoms with E-state index >= 15 is 0 Å². The summed E-state index contributed by atoms with van der Waals surface area (Å²) in [5.74, 6) is 2.66. The van der Waals surface area contributed by atoms with E-state index in [1.165, 1.54) is 25.7 Å². The Bertz CT molecular complexity index is 352. The lowest BCUT2D eigenvalue weighted by Gasteiger charge is -2.39. The minimum atomic E-state index is -2.73. The molecule has 0 radical (unpaired) electrons. The van der Waals surface area contributed by atoms with Crippen molar-refractivity contribution >= 4 is 9.84 Å². The summed E-state index contributed by atoms with van der Waals surface area (Å²) in [5, 5.41) is 3.41. The van der Waals surface area contributed by atoms with Crippen LogP contribution in [0.4, 0.5) is 0 Å². The molecule has 0 bridgehead atoms. The highest BCUT2D eigenvalue weighted by Gasteiger charge is 2.39. The summed E-state index contributed by atoms with van der Waals surface area (Å²) in [4.78, 5) is 0. The van der Waals surface area contributed by atoms with Crippen molar-refractivity contribution in [2.75, 3.05) is 18.6 Å². The normalized spacial score (nSPS) is 41.5. The summed E-state index contributed by atoms with van der Waals surface area (Å²) >= 11 is 0. The predicted octanol–water partition coefficient (Wildman–Crippen LogP) is 1.84. The standard InChI is InChI=1S/C13H25NO2S/c1-3-10-4-5-13(14-2)12(8-10)11-6-7-17(15,16)9-11/h10-14H,3-9H2,1-2H3. The first-order valence-corrected chi connectivity index (χ1v) is 8.75. The Kier molecular flexibility index (Phi) is 4.14. The van der Waals surface area contributed by atoms with E-state index in [1.54, 1.807) is 0 Å². The lowest BCUT2D eigenvalue weighted by Crippen LogP contribution is -2.42. The second-order valence-corrected chi connectivity index (χ2v) is 8.04. The van der Waals surface area contributed by atoms with Crippen LogP contribution in [-0.2, 0) is 9.84 Å². The van der Waals surface area contributed by atoms with Crippen molar-refractivity contribution in [3.63, 3.8) is 0 Å². The van der Waals surface area contributed by atoms with E-state index in [0.717, 1.165) is 12.3 Å². The zero-order valence-electron chi connectivity index (χ0n) is 11.0. The minimum Gasteiger partial charge on any atom is -0.317 e. The van der Waals surface area contributed by atoms with Crippen LogP contribution in [0.3, 0.4) is 0 Å². The van der Waals surface area contributed by atoms with Gasteiger partial charge in [-0.15, -0.1) is 0 Å². The molecule has 1 aliphatic heterocycles. The molecule has 0 spiro atoms. The first kappa shape index (κ1) is 13.3. The highest BCUT2D eigenvalue weighted by atomic mass is 32.2. The highest BCUT2D eigenvalue weighted by molar-refractivity contribution is 7.91. The molecule has 1 saturated carbocycles. The molecule has 4 unspecified atom stereocenters. The molecule has 3 nitrogen and oxygen atoms in total. The van der Waals surface area contributed by atoms with Gasteiger partial charge in [0.2, 0.25) is 0 Å². The molecule has 0 aromatic heterocycles. The average Bonchev–Trinajstić information content (AvgIpc) is 2.68. The van der Waals surface area contributed by atoms with Gasteiger partial charge in [0, 0.05) is 6.04 Å². The van der Waals surface area contributed by atoms with Crippen molar-refractivity contribution in [2.45, 2.75) is 45.1 Å². The number of nitrogens with one attached hydrogen (secondary N) is 1. The van der Waals surface area contributed by atoms with Crippen molar-refractivity contribution in [1.29, 1.82) is 0 Å². The van der Waals surface area contributed by atoms with Crippen molar-refractivity contribution in [3.8, 4) is 0 Å². The quantitative estimate of drug-likeness (QED) is 0.841. The Morgan fingerprint density at radius 2 is 2.00 bits per heavy atom. The third-order valence-electron chi connectivity index (χ3n) is 4.83. The molecule has 100 valence electrons. The highest BCUT2D eigenvalue weighted by Crippen LogP contribution is 2.39. The van der Waals surface area contributed by atoms with E-state index in [4.69, 9.17) is 0 Å². The Hall–Kier alpha value is -0.0900. The molecule has 0 amide bonds. The van der Waals surface area contributed by atoms with E-state index in [9.17, 15) is 8.42 Å². The van der Waals surface area contributed by atoms with Gasteiger partial charge < -0.3 is 5.32 Å². The zero-order chi connectivity index (χ0) is 12.5. The molecule has 2 rings (SSSR count). The Morgan fingerprint density at radius 3 is 2.53 bits per heavy atom. The smallest absolute Gasteiger partial charge is 0.150 e. The summed E-state index contributed by atoms with van der Waals surface area (Å²) in [6.45, 7) is 2.26. The van der Waals surface area contributed by atoms with E-state index < -0.39 is 9.84 Å². The second-order valence-electron chi connectivity index (χ2n) is 5.81. The van der Waals surface area contributed by atoms with Crippen molar-refractivity contribution < 1.29 is 8.42 Å². The third-order valence-corrected chi connectivity index (χ3v) is 6.62. The van der Waals surface area contributed by atoms with Crippen LogP contribution in [0.25, 0.3) is 0 Å². The van der Waals surface area contributed by atoms with Crippen LogP contribution >= 0.6 is 0 Å². The van der Waals surface area contributed by atoms with E-state index in [0.29, 0.717) is 29.4 Å². The van der Waals surface area contributed by atoms with E-state index in [-0.39, 0.29) is 0 Å². The fourth-order valence-electron chi connectivity index (χ4n) is 3.71. The molecule has 4 atom stereocenters. The maximum atomic E-state index is 11.6. The largest absolute Gasteiger partial charge is 0.317 e. The summed E-state index contributed by atoms with van der Waals surface area (Å²) < 4.78 is 23.2. The summed E-state index contributed by atoms with van der Waals surface area (Å²) in [7, 11) is -0.707. The lowest BCUT2D eigenvalue weighted by atomic mass is 9.71. The SMILES string of the molecule is CCC1CCC(NC)C(C2CCS(=O)(=O)C2)C1. The van der Waals surface area contributed by atoms with Gasteiger partial charge in [-0.05, 0) is 50.5 Å². The molecule has 2 aliphatic rings. The molecule has 1 N–H and O–H groups in total. The zero-order valence-corrected chi connectivity index (χ0v) is 11.8. The molecule has 4 heteroatoms. The summed E-state index contributed by atoms with van der Waals surface area (Å²) in [6.07, 6.45) is 5.88. The average molecular weight is 259 g/mol. The molecule has 0 aromatic rings. The van der Waals surface area contributed by atoms with Gasteiger partial charge in [-0.1, -0.05) is 13.3 Å².